The molecule has 0 radical (unpaired) electrons. The minimum absolute atomic E-state index is 0.165. The van der Waals surface area contributed by atoms with E-state index in [9.17, 15) is 19.2 Å². The van der Waals surface area contributed by atoms with Gasteiger partial charge in [-0.1, -0.05) is 116 Å². The average Bonchev–Trinajstić information content (AvgIpc) is 3.61. The topological polar surface area (TPSA) is 112 Å². The van der Waals surface area contributed by atoms with E-state index in [4.69, 9.17) is 18.9 Å². The molecule has 1 fully saturated rings. The quantitative estimate of drug-likeness (QED) is 0.0204. The predicted molar refractivity (Wildman–Crippen MR) is 322 cm³/mol. The Morgan fingerprint density at radius 3 is 0.800 bits per heavy atom. The lowest BCUT2D eigenvalue weighted by Crippen LogP contribution is -2.30. The highest BCUT2D eigenvalue weighted by Crippen LogP contribution is 2.47. The first-order valence-electron chi connectivity index (χ1n) is 28.5. The molecule has 1 aliphatic rings. The third-order valence-corrected chi connectivity index (χ3v) is 14.5. The van der Waals surface area contributed by atoms with Crippen LogP contribution in [0.2, 0.25) is 0 Å². The highest BCUT2D eigenvalue weighted by atomic mass is 16.5. The van der Waals surface area contributed by atoms with E-state index in [0.717, 1.165) is 111 Å². The van der Waals surface area contributed by atoms with E-state index in [1.807, 2.05) is 0 Å². The number of aryl methyl sites for hydroxylation is 4. The van der Waals surface area contributed by atoms with Crippen molar-refractivity contribution in [3.63, 3.8) is 0 Å². The van der Waals surface area contributed by atoms with Crippen molar-refractivity contribution in [2.24, 2.45) is 0 Å². The molecule has 416 valence electrons. The van der Waals surface area contributed by atoms with Crippen LogP contribution >= 0.6 is 0 Å². The molecule has 0 bridgehead atoms. The highest BCUT2D eigenvalue weighted by molar-refractivity contribution is 5.83. The number of hydrogen-bond acceptors (Lipinski definition) is 10. The first-order chi connectivity index (χ1) is 39.1. The van der Waals surface area contributed by atoms with Crippen LogP contribution in [-0.2, 0) is 69.2 Å². The fourth-order valence-electron chi connectivity index (χ4n) is 10.4. The van der Waals surface area contributed by atoms with E-state index in [1.54, 1.807) is 52.0 Å². The first kappa shape index (κ1) is 59.4. The molecule has 0 aliphatic heterocycles. The van der Waals surface area contributed by atoms with Crippen molar-refractivity contribution in [1.82, 2.24) is 0 Å². The molecule has 10 heteroatoms. The summed E-state index contributed by atoms with van der Waals surface area (Å²) < 4.78 is 21.4. The second-order valence-electron chi connectivity index (χ2n) is 20.2. The summed E-state index contributed by atoms with van der Waals surface area (Å²) in [4.78, 5) is 52.1. The lowest BCUT2D eigenvalue weighted by molar-refractivity contribution is -0.138. The van der Waals surface area contributed by atoms with Gasteiger partial charge in [-0.3, -0.25) is 0 Å². The molecule has 0 saturated heterocycles. The summed E-state index contributed by atoms with van der Waals surface area (Å²) in [7, 11) is 0. The Kier molecular flexibility index (Phi) is 23.3. The lowest BCUT2D eigenvalue weighted by Gasteiger charge is -2.39. The number of hydrogen-bond donors (Lipinski definition) is 0. The average molecular weight is 1080 g/mol. The molecule has 10 nitrogen and oxygen atoms in total. The first-order valence-corrected chi connectivity index (χ1v) is 28.5. The van der Waals surface area contributed by atoms with Crippen LogP contribution in [0.3, 0.4) is 0 Å². The van der Waals surface area contributed by atoms with Crippen LogP contribution in [0.25, 0.3) is 0 Å². The molecule has 0 heterocycles. The zero-order chi connectivity index (χ0) is 56.4. The van der Waals surface area contributed by atoms with Crippen molar-refractivity contribution in [1.29, 1.82) is 0 Å². The Labute approximate surface area is 474 Å². The Morgan fingerprint density at radius 1 is 0.350 bits per heavy atom. The van der Waals surface area contributed by atoms with Crippen molar-refractivity contribution >= 4 is 58.0 Å². The fourth-order valence-corrected chi connectivity index (χ4v) is 10.4. The van der Waals surface area contributed by atoms with Crippen LogP contribution in [0.1, 0.15) is 119 Å². The normalized spacial score (nSPS) is 13.2. The minimum atomic E-state index is -0.317. The number of ether oxygens (including phenoxy) is 4. The molecule has 1 saturated carbocycles. The van der Waals surface area contributed by atoms with Crippen molar-refractivity contribution in [2.75, 3.05) is 36.2 Å². The Balaban J connectivity index is 1.14. The van der Waals surface area contributed by atoms with E-state index in [-0.39, 0.29) is 29.3 Å². The largest absolute Gasteiger partial charge is 0.463 e. The monoisotopic (exact) mass is 1070 g/mol. The molecular formula is C70H78N2O8. The van der Waals surface area contributed by atoms with Gasteiger partial charge in [0.15, 0.2) is 0 Å². The molecule has 1 aliphatic carbocycles. The van der Waals surface area contributed by atoms with Crippen LogP contribution in [0.5, 0.6) is 0 Å². The van der Waals surface area contributed by atoms with Gasteiger partial charge in [0, 0.05) is 63.8 Å². The third-order valence-electron chi connectivity index (χ3n) is 14.5. The highest BCUT2D eigenvalue weighted by Gasteiger charge is 2.36. The van der Waals surface area contributed by atoms with Gasteiger partial charge < -0.3 is 28.7 Å². The van der Waals surface area contributed by atoms with Gasteiger partial charge in [0.05, 0.1) is 26.4 Å². The Morgan fingerprint density at radius 2 is 0.575 bits per heavy atom. The van der Waals surface area contributed by atoms with Gasteiger partial charge in [0.1, 0.15) is 0 Å². The molecule has 0 N–H and O–H groups in total. The molecular weight excluding hydrogens is 997 g/mol. The van der Waals surface area contributed by atoms with Gasteiger partial charge in [-0.25, -0.2) is 19.2 Å². The number of carbonyl (C=O) groups excluding carboxylic acids is 4. The molecule has 6 aromatic rings. The van der Waals surface area contributed by atoms with Gasteiger partial charge >= 0.3 is 23.9 Å². The van der Waals surface area contributed by atoms with Crippen molar-refractivity contribution in [2.45, 2.75) is 117 Å². The standard InChI is InChI=1S/C70H78N2O8/c1-5-16-66(73)77-50-12-20-54-24-36-60(37-25-54)71(61-38-26-55(27-39-61)21-13-51-78-67(74)17-6-2)64-44-32-58(33-45-64)70(48-10-9-11-49-70)59-34-46-65(47-35-59)72(62-40-28-56(29-41-62)22-14-52-79-68(75)18-7-3)63-42-30-57(31-43-63)23-15-53-80-69(76)19-8-4/h5-8,16-19,24-47H,9-15,20-23,48-53H2,1-4H3/b16-5+,17-6+,18-7+,19-8+. The summed E-state index contributed by atoms with van der Waals surface area (Å²) in [6.45, 7) is 8.67. The number of rotatable bonds is 28. The summed E-state index contributed by atoms with van der Waals surface area (Å²) >= 11 is 0. The molecule has 6 aromatic carbocycles. The smallest absolute Gasteiger partial charge is 0.330 e. The van der Waals surface area contributed by atoms with Gasteiger partial charge in [-0.15, -0.1) is 0 Å². The van der Waals surface area contributed by atoms with E-state index in [0.29, 0.717) is 26.4 Å². The van der Waals surface area contributed by atoms with Crippen LogP contribution in [0, 0.1) is 0 Å². The second kappa shape index (κ2) is 31.4. The Bertz CT molecular complexity index is 2650. The predicted octanol–water partition coefficient (Wildman–Crippen LogP) is 16.1. The number of allylic oxidation sites excluding steroid dienone is 4. The molecule has 7 rings (SSSR count). The maximum Gasteiger partial charge on any atom is 0.330 e. The Hall–Kier alpha value is -8.24. The molecule has 0 atom stereocenters. The van der Waals surface area contributed by atoms with Crippen LogP contribution in [-0.4, -0.2) is 50.3 Å². The third kappa shape index (κ3) is 17.4. The fraction of sp³-hybridized carbons (Fsp3) is 0.314. The summed E-state index contributed by atoms with van der Waals surface area (Å²) in [6, 6.07) is 53.0. The summed E-state index contributed by atoms with van der Waals surface area (Å²) in [5.74, 6) is -1.27. The van der Waals surface area contributed by atoms with E-state index < -0.39 is 0 Å². The lowest BCUT2D eigenvalue weighted by atomic mass is 9.65. The zero-order valence-corrected chi connectivity index (χ0v) is 47.2. The van der Waals surface area contributed by atoms with Crippen molar-refractivity contribution in [3.05, 3.63) is 228 Å². The number of nitrogens with zero attached hydrogens (tertiary/aromatic N) is 2. The van der Waals surface area contributed by atoms with Gasteiger partial charge in [0.25, 0.3) is 0 Å². The number of carbonyl (C=O) groups is 4. The second-order valence-corrected chi connectivity index (χ2v) is 20.2. The van der Waals surface area contributed by atoms with E-state index in [2.05, 4.69) is 155 Å². The van der Waals surface area contributed by atoms with E-state index in [1.165, 1.54) is 64.1 Å². The van der Waals surface area contributed by atoms with Crippen LogP contribution in [0.15, 0.2) is 194 Å². The SMILES string of the molecule is C/C=C/C(=O)OCCCc1ccc(N(c2ccc(CCCOC(=O)/C=C/C)cc2)c2ccc(C3(c4ccc(N(c5ccc(CCCOC(=O)/C=C/C)cc5)c5ccc(CCCOC(=O)/C=C/C)cc5)cc4)CCCCC3)cc2)cc1. The summed E-state index contributed by atoms with van der Waals surface area (Å²) in [6.07, 6.45) is 24.2. The number of benzene rings is 6. The molecule has 0 aromatic heterocycles. The molecule has 80 heavy (non-hydrogen) atoms. The number of anilines is 6. The minimum Gasteiger partial charge on any atom is -0.463 e. The van der Waals surface area contributed by atoms with E-state index >= 15 is 0 Å². The van der Waals surface area contributed by atoms with Crippen molar-refractivity contribution < 1.29 is 38.1 Å². The van der Waals surface area contributed by atoms with Gasteiger partial charge in [-0.2, -0.15) is 0 Å². The van der Waals surface area contributed by atoms with Gasteiger partial charge in [0.2, 0.25) is 0 Å². The van der Waals surface area contributed by atoms with Crippen LogP contribution in [0.4, 0.5) is 34.1 Å². The molecule has 0 unspecified atom stereocenters. The molecule has 0 amide bonds. The zero-order valence-electron chi connectivity index (χ0n) is 47.2. The summed E-state index contributed by atoms with van der Waals surface area (Å²) in [5, 5.41) is 0. The van der Waals surface area contributed by atoms with Gasteiger partial charge in [-0.05, 0) is 198 Å². The van der Waals surface area contributed by atoms with Crippen molar-refractivity contribution in [3.8, 4) is 0 Å². The van der Waals surface area contributed by atoms with Crippen LogP contribution < -0.4 is 9.80 Å². The summed E-state index contributed by atoms with van der Waals surface area (Å²) in [5.41, 5.74) is 13.4. The molecule has 0 spiro atoms. The maximum absolute atomic E-state index is 11.9. The number of esters is 4. The maximum atomic E-state index is 11.9.